The van der Waals surface area contributed by atoms with E-state index in [-0.39, 0.29) is 0 Å². The van der Waals surface area contributed by atoms with Crippen LogP contribution in [0.25, 0.3) is 10.9 Å². The van der Waals surface area contributed by atoms with E-state index in [1.165, 1.54) is 19.3 Å². The van der Waals surface area contributed by atoms with E-state index in [4.69, 9.17) is 9.47 Å². The van der Waals surface area contributed by atoms with Gasteiger partial charge in [0.15, 0.2) is 11.5 Å². The first kappa shape index (κ1) is 15.9. The molecule has 5 nitrogen and oxygen atoms in total. The molecular weight excluding hydrogens is 290 g/mol. The number of hydrogen-bond donors (Lipinski definition) is 2. The van der Waals surface area contributed by atoms with Gasteiger partial charge in [-0.25, -0.2) is 0 Å². The average Bonchev–Trinajstić information content (AvgIpc) is 2.62. The molecule has 23 heavy (non-hydrogen) atoms. The summed E-state index contributed by atoms with van der Waals surface area (Å²) in [7, 11) is 3.32. The molecule has 1 fully saturated rings. The first-order valence-corrected chi connectivity index (χ1v) is 8.30. The Hall–Kier alpha value is -2.01. The summed E-state index contributed by atoms with van der Waals surface area (Å²) >= 11 is 0. The minimum Gasteiger partial charge on any atom is -0.493 e. The molecule has 2 N–H and O–H groups in total. The van der Waals surface area contributed by atoms with Gasteiger partial charge >= 0.3 is 0 Å². The van der Waals surface area contributed by atoms with Crippen LogP contribution < -0.4 is 20.1 Å². The maximum atomic E-state index is 5.50. The largest absolute Gasteiger partial charge is 0.493 e. The maximum absolute atomic E-state index is 5.50. The Balaban J connectivity index is 1.79. The summed E-state index contributed by atoms with van der Waals surface area (Å²) in [6.45, 7) is 2.06. The van der Waals surface area contributed by atoms with Gasteiger partial charge in [-0.15, -0.1) is 0 Å². The molecule has 3 rings (SSSR count). The van der Waals surface area contributed by atoms with Crippen molar-refractivity contribution >= 4 is 16.6 Å². The summed E-state index contributed by atoms with van der Waals surface area (Å²) in [5.41, 5.74) is 1.91. The lowest BCUT2D eigenvalue weighted by atomic mass is 10.0. The highest BCUT2D eigenvalue weighted by molar-refractivity contribution is 5.97. The molecule has 0 bridgehead atoms. The van der Waals surface area contributed by atoms with Crippen molar-refractivity contribution in [3.8, 4) is 11.5 Å². The molecule has 124 valence electrons. The van der Waals surface area contributed by atoms with E-state index >= 15 is 0 Å². The van der Waals surface area contributed by atoms with Crippen LogP contribution in [0.1, 0.15) is 25.7 Å². The third-order valence-electron chi connectivity index (χ3n) is 4.45. The molecule has 0 spiro atoms. The van der Waals surface area contributed by atoms with E-state index in [2.05, 4.69) is 15.6 Å². The fraction of sp³-hybridized carbons (Fsp3) is 0.500. The molecule has 0 saturated carbocycles. The lowest BCUT2D eigenvalue weighted by Gasteiger charge is -2.23. The number of piperidine rings is 1. The van der Waals surface area contributed by atoms with Gasteiger partial charge in [0, 0.05) is 30.2 Å². The number of fused-ring (bicyclic) bond motifs is 1. The maximum Gasteiger partial charge on any atom is 0.170 e. The normalized spacial score (nSPS) is 17.9. The van der Waals surface area contributed by atoms with Crippen LogP contribution in [-0.4, -0.2) is 38.3 Å². The van der Waals surface area contributed by atoms with Crippen LogP contribution in [0.3, 0.4) is 0 Å². The van der Waals surface area contributed by atoms with Crippen molar-refractivity contribution in [2.24, 2.45) is 0 Å². The molecule has 2 aromatic rings. The van der Waals surface area contributed by atoms with Crippen molar-refractivity contribution in [3.05, 3.63) is 24.4 Å². The fourth-order valence-corrected chi connectivity index (χ4v) is 3.25. The molecule has 0 unspecified atom stereocenters. The number of methoxy groups -OCH3 is 2. The molecule has 1 aromatic heterocycles. The van der Waals surface area contributed by atoms with Crippen molar-refractivity contribution in [1.29, 1.82) is 0 Å². The van der Waals surface area contributed by atoms with Crippen molar-refractivity contribution in [2.45, 2.75) is 31.7 Å². The highest BCUT2D eigenvalue weighted by Gasteiger charge is 2.15. The quantitative estimate of drug-likeness (QED) is 0.857. The predicted molar refractivity (Wildman–Crippen MR) is 93.6 cm³/mol. The fourth-order valence-electron chi connectivity index (χ4n) is 3.25. The zero-order valence-electron chi connectivity index (χ0n) is 13.9. The van der Waals surface area contributed by atoms with Crippen LogP contribution in [0.2, 0.25) is 0 Å². The molecule has 0 radical (unpaired) electrons. The lowest BCUT2D eigenvalue weighted by molar-refractivity contribution is 0.358. The first-order chi connectivity index (χ1) is 11.3. The van der Waals surface area contributed by atoms with Crippen molar-refractivity contribution in [2.75, 3.05) is 32.6 Å². The zero-order valence-corrected chi connectivity index (χ0v) is 13.9. The summed E-state index contributed by atoms with van der Waals surface area (Å²) in [5.74, 6) is 1.46. The molecule has 0 aliphatic carbocycles. The second-order valence-corrected chi connectivity index (χ2v) is 5.92. The Morgan fingerprint density at radius 2 is 2.22 bits per heavy atom. The van der Waals surface area contributed by atoms with Crippen molar-refractivity contribution in [1.82, 2.24) is 10.3 Å². The SMILES string of the molecule is COc1cc(NCC[C@@H]2CCCCN2)c2ncccc2c1OC. The highest BCUT2D eigenvalue weighted by atomic mass is 16.5. The van der Waals surface area contributed by atoms with Crippen LogP contribution in [0.5, 0.6) is 11.5 Å². The molecule has 1 aromatic carbocycles. The minimum absolute atomic E-state index is 0.621. The van der Waals surface area contributed by atoms with Gasteiger partial charge in [-0.2, -0.15) is 0 Å². The van der Waals surface area contributed by atoms with E-state index in [0.717, 1.165) is 47.6 Å². The van der Waals surface area contributed by atoms with E-state index in [1.807, 2.05) is 24.4 Å². The molecule has 1 saturated heterocycles. The Bertz CT molecular complexity index is 654. The Morgan fingerprint density at radius 3 is 2.96 bits per heavy atom. The monoisotopic (exact) mass is 315 g/mol. The summed E-state index contributed by atoms with van der Waals surface area (Å²) in [4.78, 5) is 4.52. The van der Waals surface area contributed by atoms with Gasteiger partial charge in [-0.05, 0) is 37.9 Å². The number of aromatic nitrogens is 1. The smallest absolute Gasteiger partial charge is 0.170 e. The first-order valence-electron chi connectivity index (χ1n) is 8.30. The molecule has 5 heteroatoms. The Labute approximate surface area is 137 Å². The van der Waals surface area contributed by atoms with Crippen LogP contribution in [0.4, 0.5) is 5.69 Å². The lowest BCUT2D eigenvalue weighted by Crippen LogP contribution is -2.35. The third kappa shape index (κ3) is 3.50. The zero-order chi connectivity index (χ0) is 16.1. The van der Waals surface area contributed by atoms with Gasteiger partial charge in [-0.3, -0.25) is 4.98 Å². The molecule has 1 aliphatic heterocycles. The van der Waals surface area contributed by atoms with Gasteiger partial charge in [-0.1, -0.05) is 6.42 Å². The van der Waals surface area contributed by atoms with Crippen molar-refractivity contribution in [3.63, 3.8) is 0 Å². The highest BCUT2D eigenvalue weighted by Crippen LogP contribution is 2.39. The number of nitrogens with zero attached hydrogens (tertiary/aromatic N) is 1. The minimum atomic E-state index is 0.621. The Kier molecular flexibility index (Phi) is 5.18. The van der Waals surface area contributed by atoms with Crippen LogP contribution in [-0.2, 0) is 0 Å². The van der Waals surface area contributed by atoms with Gasteiger partial charge in [0.1, 0.15) is 0 Å². The van der Waals surface area contributed by atoms with Gasteiger partial charge in [0.25, 0.3) is 0 Å². The van der Waals surface area contributed by atoms with E-state index in [9.17, 15) is 0 Å². The number of pyridine rings is 1. The topological polar surface area (TPSA) is 55.4 Å². The second kappa shape index (κ2) is 7.51. The average molecular weight is 315 g/mol. The molecule has 1 atom stereocenters. The van der Waals surface area contributed by atoms with E-state index in [0.29, 0.717) is 6.04 Å². The Morgan fingerprint density at radius 1 is 1.30 bits per heavy atom. The summed E-state index contributed by atoms with van der Waals surface area (Å²) in [5, 5.41) is 8.07. The van der Waals surface area contributed by atoms with Gasteiger partial charge in [0.2, 0.25) is 0 Å². The van der Waals surface area contributed by atoms with Crippen LogP contribution in [0, 0.1) is 0 Å². The number of ether oxygens (including phenoxy) is 2. The number of nitrogens with one attached hydrogen (secondary N) is 2. The standard InChI is InChI=1S/C18H25N3O2/c1-22-16-12-15(20-11-8-13-6-3-4-9-19-13)17-14(18(16)23-2)7-5-10-21-17/h5,7,10,12-13,19-20H,3-4,6,8-9,11H2,1-2H3/t13-/m0/s1. The summed E-state index contributed by atoms with van der Waals surface area (Å²) < 4.78 is 11.0. The summed E-state index contributed by atoms with van der Waals surface area (Å²) in [6.07, 6.45) is 6.82. The second-order valence-electron chi connectivity index (χ2n) is 5.92. The van der Waals surface area contributed by atoms with E-state index in [1.54, 1.807) is 14.2 Å². The predicted octanol–water partition coefficient (Wildman–Crippen LogP) is 3.20. The number of hydrogen-bond acceptors (Lipinski definition) is 5. The molecule has 1 aliphatic rings. The van der Waals surface area contributed by atoms with Crippen LogP contribution in [0.15, 0.2) is 24.4 Å². The molecule has 0 amide bonds. The van der Waals surface area contributed by atoms with E-state index < -0.39 is 0 Å². The van der Waals surface area contributed by atoms with Gasteiger partial charge < -0.3 is 20.1 Å². The van der Waals surface area contributed by atoms with Crippen molar-refractivity contribution < 1.29 is 9.47 Å². The number of rotatable bonds is 6. The van der Waals surface area contributed by atoms with Crippen LogP contribution >= 0.6 is 0 Å². The van der Waals surface area contributed by atoms with Gasteiger partial charge in [0.05, 0.1) is 25.4 Å². The summed E-state index contributed by atoms with van der Waals surface area (Å²) in [6, 6.07) is 6.52. The molecular formula is C18H25N3O2. The number of anilines is 1. The molecule has 2 heterocycles. The third-order valence-corrected chi connectivity index (χ3v) is 4.45. The number of benzene rings is 1.